The highest BCUT2D eigenvalue weighted by Gasteiger charge is 2.03. The minimum absolute atomic E-state index is 0.0880. The molecule has 0 aliphatic heterocycles. The van der Waals surface area contributed by atoms with E-state index in [0.29, 0.717) is 0 Å². The molecule has 0 atom stereocenters. The van der Waals surface area contributed by atoms with Crippen molar-refractivity contribution in [3.63, 3.8) is 0 Å². The fourth-order valence-electron chi connectivity index (χ4n) is 0.840. The molecule has 0 bridgehead atoms. The molecule has 0 aromatic carbocycles. The number of carbonyl (C=O) groups excluding carboxylic acids is 1. The number of aromatic nitrogens is 2. The van der Waals surface area contributed by atoms with Crippen LogP contribution in [0, 0.1) is 0 Å². The zero-order valence-corrected chi connectivity index (χ0v) is 7.59. The average Bonchev–Trinajstić information content (AvgIpc) is 1.99. The van der Waals surface area contributed by atoms with E-state index in [9.17, 15) is 14.4 Å². The summed E-state index contributed by atoms with van der Waals surface area (Å²) in [5.41, 5.74) is -1.28. The van der Waals surface area contributed by atoms with Gasteiger partial charge in [0.1, 0.15) is 10.8 Å². The number of nitrogens with one attached hydrogen (secondary N) is 1. The van der Waals surface area contributed by atoms with Gasteiger partial charge in [0, 0.05) is 6.20 Å². The Morgan fingerprint density at radius 2 is 2.23 bits per heavy atom. The molecule has 1 heterocycles. The van der Waals surface area contributed by atoms with E-state index < -0.39 is 11.2 Å². The summed E-state index contributed by atoms with van der Waals surface area (Å²) >= 11 is 5.45. The van der Waals surface area contributed by atoms with Crippen molar-refractivity contribution in [1.82, 2.24) is 9.55 Å². The number of Topliss-reactive ketones (excluding diaryl/α,β-unsaturated/α-hetero) is 1. The monoisotopic (exact) mass is 202 g/mol. The topological polar surface area (TPSA) is 71.9 Å². The van der Waals surface area contributed by atoms with Crippen molar-refractivity contribution in [3.8, 4) is 0 Å². The van der Waals surface area contributed by atoms with Gasteiger partial charge in [-0.15, -0.1) is 0 Å². The van der Waals surface area contributed by atoms with Gasteiger partial charge >= 0.3 is 5.69 Å². The van der Waals surface area contributed by atoms with Crippen molar-refractivity contribution in [2.45, 2.75) is 13.5 Å². The van der Waals surface area contributed by atoms with E-state index in [0.717, 1.165) is 10.8 Å². The Kier molecular flexibility index (Phi) is 2.67. The summed E-state index contributed by atoms with van der Waals surface area (Å²) in [5, 5.41) is -0.110. The van der Waals surface area contributed by atoms with Crippen molar-refractivity contribution in [3.05, 3.63) is 32.1 Å². The summed E-state index contributed by atoms with van der Waals surface area (Å²) < 4.78 is 1.05. The van der Waals surface area contributed by atoms with Gasteiger partial charge in [0.25, 0.3) is 5.56 Å². The van der Waals surface area contributed by atoms with Crippen LogP contribution in [0.2, 0.25) is 5.02 Å². The van der Waals surface area contributed by atoms with Crippen molar-refractivity contribution >= 4 is 17.4 Å². The van der Waals surface area contributed by atoms with Crippen molar-refractivity contribution in [2.24, 2.45) is 0 Å². The molecule has 0 aliphatic rings. The first-order valence-electron chi connectivity index (χ1n) is 3.49. The smallest absolute Gasteiger partial charge is 0.298 e. The molecule has 0 spiro atoms. The number of carbonyl (C=O) groups is 1. The predicted octanol–water partition coefficient (Wildman–Crippen LogP) is -0.221. The van der Waals surface area contributed by atoms with E-state index in [1.165, 1.54) is 6.92 Å². The van der Waals surface area contributed by atoms with E-state index in [1.54, 1.807) is 0 Å². The van der Waals surface area contributed by atoms with Gasteiger partial charge in [-0.3, -0.25) is 19.1 Å². The van der Waals surface area contributed by atoms with E-state index >= 15 is 0 Å². The normalized spacial score (nSPS) is 10.0. The van der Waals surface area contributed by atoms with Crippen LogP contribution >= 0.6 is 11.6 Å². The minimum atomic E-state index is -0.647. The Morgan fingerprint density at radius 3 is 2.77 bits per heavy atom. The maximum absolute atomic E-state index is 11.0. The third kappa shape index (κ3) is 2.29. The first kappa shape index (κ1) is 9.73. The molecule has 1 aromatic heterocycles. The number of aromatic amines is 1. The lowest BCUT2D eigenvalue weighted by atomic mass is 10.4. The van der Waals surface area contributed by atoms with Gasteiger partial charge in [0.05, 0.1) is 6.54 Å². The molecule has 0 fully saturated rings. The van der Waals surface area contributed by atoms with E-state index in [4.69, 9.17) is 11.6 Å². The van der Waals surface area contributed by atoms with Crippen LogP contribution in [0.25, 0.3) is 0 Å². The highest BCUT2D eigenvalue weighted by molar-refractivity contribution is 6.30. The maximum atomic E-state index is 11.0. The third-order valence-corrected chi connectivity index (χ3v) is 1.63. The number of nitrogens with zero attached hydrogens (tertiary/aromatic N) is 1. The number of hydrogen-bond acceptors (Lipinski definition) is 3. The molecular weight excluding hydrogens is 196 g/mol. The molecule has 0 saturated carbocycles. The minimum Gasteiger partial charge on any atom is -0.298 e. The summed E-state index contributed by atoms with van der Waals surface area (Å²) in [6.45, 7) is 1.25. The fraction of sp³-hybridized carbons (Fsp3) is 0.286. The fourth-order valence-corrected chi connectivity index (χ4v) is 1.01. The lowest BCUT2D eigenvalue weighted by molar-refractivity contribution is -0.117. The molecule has 70 valence electrons. The number of ketones is 1. The second-order valence-corrected chi connectivity index (χ2v) is 2.97. The Hall–Kier alpha value is -1.36. The highest BCUT2D eigenvalue weighted by atomic mass is 35.5. The molecule has 0 saturated heterocycles. The molecule has 1 N–H and O–H groups in total. The molecule has 5 nitrogen and oxygen atoms in total. The third-order valence-electron chi connectivity index (χ3n) is 1.36. The summed E-state index contributed by atoms with van der Waals surface area (Å²) in [7, 11) is 0. The molecule has 0 amide bonds. The Morgan fingerprint density at radius 1 is 1.62 bits per heavy atom. The van der Waals surface area contributed by atoms with Gasteiger partial charge in [0.15, 0.2) is 0 Å². The number of halogens is 1. The van der Waals surface area contributed by atoms with Crippen LogP contribution in [-0.2, 0) is 11.3 Å². The first-order valence-corrected chi connectivity index (χ1v) is 3.87. The zero-order valence-electron chi connectivity index (χ0n) is 6.83. The van der Waals surface area contributed by atoms with Gasteiger partial charge in [-0.05, 0) is 6.92 Å². The van der Waals surface area contributed by atoms with Crippen LogP contribution in [0.1, 0.15) is 6.92 Å². The Bertz CT molecular complexity index is 446. The molecule has 13 heavy (non-hydrogen) atoms. The van der Waals surface area contributed by atoms with Crippen LogP contribution in [0.3, 0.4) is 0 Å². The highest BCUT2D eigenvalue weighted by Crippen LogP contribution is 1.95. The van der Waals surface area contributed by atoms with Gasteiger partial charge < -0.3 is 0 Å². The van der Waals surface area contributed by atoms with Crippen LogP contribution in [0.15, 0.2) is 15.8 Å². The van der Waals surface area contributed by atoms with Crippen LogP contribution in [0.5, 0.6) is 0 Å². The summed E-state index contributed by atoms with van der Waals surface area (Å²) in [4.78, 5) is 34.5. The lowest BCUT2D eigenvalue weighted by Gasteiger charge is -2.00. The molecule has 0 radical (unpaired) electrons. The lowest BCUT2D eigenvalue weighted by Crippen LogP contribution is -2.31. The van der Waals surface area contributed by atoms with E-state index in [1.807, 2.05) is 4.98 Å². The maximum Gasteiger partial charge on any atom is 0.328 e. The number of hydrogen-bond donors (Lipinski definition) is 1. The predicted molar refractivity (Wildman–Crippen MR) is 47.0 cm³/mol. The van der Waals surface area contributed by atoms with Crippen molar-refractivity contribution < 1.29 is 4.79 Å². The second kappa shape index (κ2) is 3.57. The first-order chi connectivity index (χ1) is 6.00. The SMILES string of the molecule is CC(=O)Cn1cc(Cl)c(=O)[nH]c1=O. The molecule has 0 unspecified atom stereocenters. The summed E-state index contributed by atoms with van der Waals surface area (Å²) in [6, 6.07) is 0. The number of rotatable bonds is 2. The quantitative estimate of drug-likeness (QED) is 0.721. The van der Waals surface area contributed by atoms with Gasteiger partial charge in [-0.2, -0.15) is 0 Å². The second-order valence-electron chi connectivity index (χ2n) is 2.57. The Balaban J connectivity index is 3.24. The van der Waals surface area contributed by atoms with Gasteiger partial charge in [-0.1, -0.05) is 11.6 Å². The molecule has 0 aliphatic carbocycles. The number of H-pyrrole nitrogens is 1. The summed E-state index contributed by atoms with van der Waals surface area (Å²) in [6.07, 6.45) is 1.14. The van der Waals surface area contributed by atoms with Crippen molar-refractivity contribution in [2.75, 3.05) is 0 Å². The molecule has 1 rings (SSSR count). The summed E-state index contributed by atoms with van der Waals surface area (Å²) in [5.74, 6) is -0.190. The van der Waals surface area contributed by atoms with Crippen LogP contribution < -0.4 is 11.2 Å². The van der Waals surface area contributed by atoms with Gasteiger partial charge in [0.2, 0.25) is 0 Å². The average molecular weight is 203 g/mol. The van der Waals surface area contributed by atoms with Crippen LogP contribution in [0.4, 0.5) is 0 Å². The largest absolute Gasteiger partial charge is 0.328 e. The molecule has 6 heteroatoms. The molecule has 1 aromatic rings. The standard InChI is InChI=1S/C7H7ClN2O3/c1-4(11)2-10-3-5(8)6(12)9-7(10)13/h3H,2H2,1H3,(H,9,12,13). The zero-order chi connectivity index (χ0) is 10.0. The van der Waals surface area contributed by atoms with E-state index in [-0.39, 0.29) is 17.4 Å². The van der Waals surface area contributed by atoms with Gasteiger partial charge in [-0.25, -0.2) is 4.79 Å². The van der Waals surface area contributed by atoms with E-state index in [2.05, 4.69) is 0 Å². The van der Waals surface area contributed by atoms with Crippen molar-refractivity contribution in [1.29, 1.82) is 0 Å². The Labute approximate surface area is 78.0 Å². The van der Waals surface area contributed by atoms with Crippen LogP contribution in [-0.4, -0.2) is 15.3 Å². The molecular formula is C7H7ClN2O3.